The zero-order valence-electron chi connectivity index (χ0n) is 8.80. The van der Waals surface area contributed by atoms with Crippen LogP contribution in [-0.4, -0.2) is 19.3 Å². The van der Waals surface area contributed by atoms with E-state index in [-0.39, 0.29) is 6.10 Å². The molecule has 0 aliphatic carbocycles. The zero-order valence-corrected chi connectivity index (χ0v) is 10.3. The third-order valence-electron chi connectivity index (χ3n) is 2.59. The van der Waals surface area contributed by atoms with E-state index in [4.69, 9.17) is 33.7 Å². The highest BCUT2D eigenvalue weighted by molar-refractivity contribution is 6.39. The Kier molecular flexibility index (Phi) is 3.79. The first kappa shape index (κ1) is 11.8. The van der Waals surface area contributed by atoms with Gasteiger partial charge in [-0.3, -0.25) is 0 Å². The number of hydrogen-bond acceptors (Lipinski definition) is 3. The van der Waals surface area contributed by atoms with Gasteiger partial charge in [-0.2, -0.15) is 0 Å². The largest absolute Gasteiger partial charge is 0.399 e. The molecule has 1 aliphatic rings. The van der Waals surface area contributed by atoms with E-state index >= 15 is 0 Å². The Morgan fingerprint density at radius 1 is 1.38 bits per heavy atom. The molecule has 0 spiro atoms. The highest BCUT2D eigenvalue weighted by atomic mass is 35.5. The van der Waals surface area contributed by atoms with Crippen LogP contribution >= 0.6 is 23.2 Å². The predicted octanol–water partition coefficient (Wildman–Crippen LogP) is 3.17. The third kappa shape index (κ3) is 2.73. The average molecular weight is 261 g/mol. The molecule has 0 unspecified atom stereocenters. The summed E-state index contributed by atoms with van der Waals surface area (Å²) in [6.07, 6.45) is 2.46. The van der Waals surface area contributed by atoms with Gasteiger partial charge in [0, 0.05) is 18.8 Å². The van der Waals surface area contributed by atoms with E-state index in [1.165, 1.54) is 0 Å². The quantitative estimate of drug-likeness (QED) is 0.821. The van der Waals surface area contributed by atoms with Crippen molar-refractivity contribution < 1.29 is 4.74 Å². The van der Waals surface area contributed by atoms with E-state index in [1.54, 1.807) is 12.1 Å². The van der Waals surface area contributed by atoms with Gasteiger partial charge in [-0.15, -0.1) is 0 Å². The molecule has 16 heavy (non-hydrogen) atoms. The van der Waals surface area contributed by atoms with Crippen molar-refractivity contribution in [3.05, 3.63) is 22.2 Å². The number of ether oxygens (including phenoxy) is 1. The molecule has 1 fully saturated rings. The average Bonchev–Trinajstić information content (AvgIpc) is 2.68. The lowest BCUT2D eigenvalue weighted by molar-refractivity contribution is 0.120. The number of nitrogen functional groups attached to an aromatic ring is 1. The first-order chi connectivity index (χ1) is 7.66. The normalized spacial score (nSPS) is 20.0. The minimum absolute atomic E-state index is 0.254. The molecule has 5 heteroatoms. The number of rotatable bonds is 3. The zero-order chi connectivity index (χ0) is 11.5. The Morgan fingerprint density at radius 3 is 2.62 bits per heavy atom. The highest BCUT2D eigenvalue weighted by Crippen LogP contribution is 2.33. The smallest absolute Gasteiger partial charge is 0.0748 e. The van der Waals surface area contributed by atoms with E-state index < -0.39 is 0 Å². The van der Waals surface area contributed by atoms with Crippen LogP contribution in [0, 0.1) is 0 Å². The molecule has 1 heterocycles. The van der Waals surface area contributed by atoms with Crippen molar-refractivity contribution in [3.8, 4) is 0 Å². The van der Waals surface area contributed by atoms with Crippen LogP contribution in [0.25, 0.3) is 0 Å². The van der Waals surface area contributed by atoms with Crippen LogP contribution < -0.4 is 11.1 Å². The van der Waals surface area contributed by atoms with Crippen LogP contribution in [0.15, 0.2) is 12.1 Å². The molecule has 1 aromatic carbocycles. The van der Waals surface area contributed by atoms with E-state index in [9.17, 15) is 0 Å². The summed E-state index contributed by atoms with van der Waals surface area (Å²) in [6, 6.07) is 3.37. The molecule has 0 aromatic heterocycles. The van der Waals surface area contributed by atoms with Gasteiger partial charge in [0.2, 0.25) is 0 Å². The lowest BCUT2D eigenvalue weighted by atomic mass is 10.2. The predicted molar refractivity (Wildman–Crippen MR) is 68.3 cm³/mol. The summed E-state index contributed by atoms with van der Waals surface area (Å²) < 4.78 is 5.50. The summed E-state index contributed by atoms with van der Waals surface area (Å²) in [5.74, 6) is 0. The first-order valence-corrected chi connectivity index (χ1v) is 6.02. The van der Waals surface area contributed by atoms with Crippen molar-refractivity contribution in [3.63, 3.8) is 0 Å². The van der Waals surface area contributed by atoms with Gasteiger partial charge >= 0.3 is 0 Å². The maximum atomic E-state index is 6.05. The van der Waals surface area contributed by atoms with Crippen LogP contribution in [0.2, 0.25) is 10.0 Å². The van der Waals surface area contributed by atoms with Crippen molar-refractivity contribution >= 4 is 34.6 Å². The Bertz CT molecular complexity index is 355. The fraction of sp³-hybridized carbons (Fsp3) is 0.455. The van der Waals surface area contributed by atoms with Gasteiger partial charge in [0.05, 0.1) is 21.8 Å². The monoisotopic (exact) mass is 260 g/mol. The SMILES string of the molecule is Nc1cc(Cl)c(NC[C@H]2CCCO2)c(Cl)c1. The van der Waals surface area contributed by atoms with Gasteiger partial charge in [0.25, 0.3) is 0 Å². The summed E-state index contributed by atoms with van der Waals surface area (Å²) in [4.78, 5) is 0. The molecule has 88 valence electrons. The topological polar surface area (TPSA) is 47.3 Å². The van der Waals surface area contributed by atoms with Crippen LogP contribution in [0.1, 0.15) is 12.8 Å². The van der Waals surface area contributed by atoms with Gasteiger partial charge in [-0.1, -0.05) is 23.2 Å². The highest BCUT2D eigenvalue weighted by Gasteiger charge is 2.16. The maximum absolute atomic E-state index is 6.05. The molecule has 1 atom stereocenters. The van der Waals surface area contributed by atoms with Gasteiger partial charge < -0.3 is 15.8 Å². The summed E-state index contributed by atoms with van der Waals surface area (Å²) in [6.45, 7) is 1.57. The number of nitrogens with two attached hydrogens (primary N) is 1. The van der Waals surface area contributed by atoms with Gasteiger partial charge in [0.15, 0.2) is 0 Å². The van der Waals surface area contributed by atoms with E-state index in [2.05, 4.69) is 5.32 Å². The lowest BCUT2D eigenvalue weighted by Crippen LogP contribution is -2.18. The number of anilines is 2. The van der Waals surface area contributed by atoms with Crippen molar-refractivity contribution in [2.45, 2.75) is 18.9 Å². The van der Waals surface area contributed by atoms with Crippen molar-refractivity contribution in [1.82, 2.24) is 0 Å². The number of halogens is 2. The van der Waals surface area contributed by atoms with Crippen LogP contribution in [-0.2, 0) is 4.74 Å². The molecule has 3 nitrogen and oxygen atoms in total. The molecule has 0 bridgehead atoms. The van der Waals surface area contributed by atoms with E-state index in [1.807, 2.05) is 0 Å². The summed E-state index contributed by atoms with van der Waals surface area (Å²) in [5.41, 5.74) is 6.92. The second-order valence-electron chi connectivity index (χ2n) is 3.88. The minimum Gasteiger partial charge on any atom is -0.399 e. The first-order valence-electron chi connectivity index (χ1n) is 5.27. The van der Waals surface area contributed by atoms with Crippen molar-refractivity contribution in [1.29, 1.82) is 0 Å². The molecule has 1 aromatic rings. The molecule has 0 radical (unpaired) electrons. The van der Waals surface area contributed by atoms with Crippen LogP contribution in [0.5, 0.6) is 0 Å². The lowest BCUT2D eigenvalue weighted by Gasteiger charge is -2.14. The molecule has 2 rings (SSSR count). The number of nitrogens with one attached hydrogen (secondary N) is 1. The van der Waals surface area contributed by atoms with Gasteiger partial charge in [-0.25, -0.2) is 0 Å². The Hall–Kier alpha value is -0.640. The Balaban J connectivity index is 2.03. The second kappa shape index (κ2) is 5.13. The Morgan fingerprint density at radius 2 is 2.06 bits per heavy atom. The molecular formula is C11H14Cl2N2O. The van der Waals surface area contributed by atoms with Gasteiger partial charge in [-0.05, 0) is 25.0 Å². The maximum Gasteiger partial charge on any atom is 0.0748 e. The summed E-state index contributed by atoms with van der Waals surface area (Å²) in [7, 11) is 0. The second-order valence-corrected chi connectivity index (χ2v) is 4.69. The minimum atomic E-state index is 0.254. The molecular weight excluding hydrogens is 247 g/mol. The number of hydrogen-bond donors (Lipinski definition) is 2. The van der Waals surface area contributed by atoms with Crippen LogP contribution in [0.3, 0.4) is 0 Å². The van der Waals surface area contributed by atoms with Crippen molar-refractivity contribution in [2.75, 3.05) is 24.2 Å². The Labute approximate surface area is 105 Å². The van der Waals surface area contributed by atoms with Gasteiger partial charge in [0.1, 0.15) is 0 Å². The fourth-order valence-electron chi connectivity index (χ4n) is 1.78. The van der Waals surface area contributed by atoms with Crippen LogP contribution in [0.4, 0.5) is 11.4 Å². The van der Waals surface area contributed by atoms with Crippen molar-refractivity contribution in [2.24, 2.45) is 0 Å². The van der Waals surface area contributed by atoms with E-state index in [0.29, 0.717) is 15.7 Å². The molecule has 1 saturated heterocycles. The molecule has 3 N–H and O–H groups in total. The summed E-state index contributed by atoms with van der Waals surface area (Å²) >= 11 is 12.1. The standard InChI is InChI=1S/C11H14Cl2N2O/c12-9-4-7(14)5-10(13)11(9)15-6-8-2-1-3-16-8/h4-5,8,15H,1-3,6,14H2/t8-/m1/s1. The molecule has 0 saturated carbocycles. The van der Waals surface area contributed by atoms with E-state index in [0.717, 1.165) is 31.7 Å². The molecule has 0 amide bonds. The number of benzene rings is 1. The molecule has 1 aliphatic heterocycles. The third-order valence-corrected chi connectivity index (χ3v) is 3.19. The summed E-state index contributed by atoms with van der Waals surface area (Å²) in [5, 5.41) is 4.29. The fourth-order valence-corrected chi connectivity index (χ4v) is 2.42.